The zero-order chi connectivity index (χ0) is 20.1. The van der Waals surface area contributed by atoms with Crippen molar-refractivity contribution < 1.29 is 13.2 Å². The van der Waals surface area contributed by atoms with Crippen molar-refractivity contribution >= 4 is 21.6 Å². The number of rotatable bonds is 6. The zero-order valence-electron chi connectivity index (χ0n) is 17.1. The maximum absolute atomic E-state index is 12.6. The predicted octanol–water partition coefficient (Wildman–Crippen LogP) is 2.78. The second kappa shape index (κ2) is 9.27. The molecule has 2 saturated heterocycles. The van der Waals surface area contributed by atoms with Gasteiger partial charge in [-0.1, -0.05) is 13.0 Å². The van der Waals surface area contributed by atoms with E-state index in [0.717, 1.165) is 44.0 Å². The monoisotopic (exact) mass is 407 g/mol. The smallest absolute Gasteiger partial charge is 0.251 e. The second-order valence-corrected chi connectivity index (χ2v) is 10.3. The van der Waals surface area contributed by atoms with Crippen LogP contribution in [0.3, 0.4) is 0 Å². The van der Waals surface area contributed by atoms with Crippen LogP contribution in [0.2, 0.25) is 0 Å². The Morgan fingerprint density at radius 3 is 2.79 bits per heavy atom. The molecule has 0 aliphatic carbocycles. The van der Waals surface area contributed by atoms with Gasteiger partial charge in [0.05, 0.1) is 11.4 Å². The Balaban J connectivity index is 1.57. The van der Waals surface area contributed by atoms with Crippen molar-refractivity contribution in [2.45, 2.75) is 46.0 Å². The number of hydrogen-bond donors (Lipinski definition) is 1. The Morgan fingerprint density at radius 2 is 2.04 bits per heavy atom. The molecule has 0 aromatic heterocycles. The molecule has 1 N–H and O–H groups in total. The molecule has 6 nitrogen and oxygen atoms in total. The molecular formula is C21H33N3O3S. The predicted molar refractivity (Wildman–Crippen MR) is 113 cm³/mol. The fourth-order valence-electron chi connectivity index (χ4n) is 4.18. The molecule has 1 unspecified atom stereocenters. The number of sulfonamides is 1. The molecule has 0 saturated carbocycles. The first kappa shape index (κ1) is 21.1. The van der Waals surface area contributed by atoms with Crippen molar-refractivity contribution in [2.24, 2.45) is 5.92 Å². The van der Waals surface area contributed by atoms with Gasteiger partial charge >= 0.3 is 0 Å². The molecule has 0 spiro atoms. The highest BCUT2D eigenvalue weighted by Gasteiger charge is 2.27. The average Bonchev–Trinajstić information content (AvgIpc) is 2.65. The number of amides is 1. The summed E-state index contributed by atoms with van der Waals surface area (Å²) in [6, 6.07) is 5.33. The molecular weight excluding hydrogens is 374 g/mol. The molecule has 1 aromatic rings. The number of benzene rings is 1. The molecule has 156 valence electrons. The number of likely N-dealkylation sites (tertiary alicyclic amines) is 1. The Kier molecular flexibility index (Phi) is 6.99. The van der Waals surface area contributed by atoms with Gasteiger partial charge in [0.15, 0.2) is 0 Å². The van der Waals surface area contributed by atoms with E-state index in [0.29, 0.717) is 30.8 Å². The minimum absolute atomic E-state index is 0.136. The Labute approximate surface area is 169 Å². The summed E-state index contributed by atoms with van der Waals surface area (Å²) in [6.45, 7) is 8.63. The van der Waals surface area contributed by atoms with Crippen LogP contribution in [0, 0.1) is 12.8 Å². The van der Waals surface area contributed by atoms with E-state index in [2.05, 4.69) is 17.1 Å². The summed E-state index contributed by atoms with van der Waals surface area (Å²) in [6.07, 6.45) is 5.06. The van der Waals surface area contributed by atoms with Crippen molar-refractivity contribution in [2.75, 3.05) is 42.8 Å². The van der Waals surface area contributed by atoms with Gasteiger partial charge in [0.25, 0.3) is 5.91 Å². The van der Waals surface area contributed by atoms with Gasteiger partial charge in [0.1, 0.15) is 0 Å². The molecule has 28 heavy (non-hydrogen) atoms. The van der Waals surface area contributed by atoms with Crippen molar-refractivity contribution in [1.82, 2.24) is 10.2 Å². The Bertz CT molecular complexity index is 794. The maximum Gasteiger partial charge on any atom is 0.251 e. The lowest BCUT2D eigenvalue weighted by atomic mass is 10.0. The SMILES string of the molecule is Cc1ccc(C(=O)NCCCN2CCCC(C)C2)cc1N1CCCCS1(=O)=O. The number of carbonyl (C=O) groups is 1. The Morgan fingerprint density at radius 1 is 1.21 bits per heavy atom. The van der Waals surface area contributed by atoms with E-state index in [-0.39, 0.29) is 11.7 Å². The molecule has 2 fully saturated rings. The van der Waals surface area contributed by atoms with Crippen molar-refractivity contribution in [1.29, 1.82) is 0 Å². The number of nitrogens with one attached hydrogen (secondary N) is 1. The van der Waals surface area contributed by atoms with Gasteiger partial charge in [-0.2, -0.15) is 0 Å². The topological polar surface area (TPSA) is 69.7 Å². The van der Waals surface area contributed by atoms with E-state index >= 15 is 0 Å². The standard InChI is InChI=1S/C21H33N3O3S/c1-17-7-5-11-23(16-17)12-6-10-22-21(25)19-9-8-18(2)20(15-19)24-13-3-4-14-28(24,26)27/h8-9,15,17H,3-7,10-14,16H2,1-2H3,(H,22,25). The zero-order valence-corrected chi connectivity index (χ0v) is 17.9. The average molecular weight is 408 g/mol. The number of piperidine rings is 1. The van der Waals surface area contributed by atoms with E-state index in [4.69, 9.17) is 0 Å². The van der Waals surface area contributed by atoms with E-state index in [1.54, 1.807) is 12.1 Å². The van der Waals surface area contributed by atoms with E-state index in [1.165, 1.54) is 17.1 Å². The lowest BCUT2D eigenvalue weighted by molar-refractivity contribution is 0.0950. The van der Waals surface area contributed by atoms with Crippen molar-refractivity contribution in [3.05, 3.63) is 29.3 Å². The van der Waals surface area contributed by atoms with Gasteiger partial charge in [-0.25, -0.2) is 8.42 Å². The lowest BCUT2D eigenvalue weighted by Crippen LogP contribution is -2.38. The molecule has 2 heterocycles. The van der Waals surface area contributed by atoms with Crippen LogP contribution in [0.15, 0.2) is 18.2 Å². The quantitative estimate of drug-likeness (QED) is 0.736. The minimum atomic E-state index is -3.28. The van der Waals surface area contributed by atoms with Crippen LogP contribution in [0.5, 0.6) is 0 Å². The molecule has 1 amide bonds. The number of anilines is 1. The van der Waals surface area contributed by atoms with Gasteiger partial charge in [-0.05, 0) is 75.7 Å². The highest BCUT2D eigenvalue weighted by Crippen LogP contribution is 2.28. The summed E-state index contributed by atoms with van der Waals surface area (Å²) in [5, 5.41) is 2.99. The second-order valence-electron chi connectivity index (χ2n) is 8.25. The minimum Gasteiger partial charge on any atom is -0.352 e. The van der Waals surface area contributed by atoms with Crippen LogP contribution in [0.1, 0.15) is 54.9 Å². The summed E-state index contributed by atoms with van der Waals surface area (Å²) in [4.78, 5) is 15.0. The largest absolute Gasteiger partial charge is 0.352 e. The van der Waals surface area contributed by atoms with Crippen LogP contribution in [-0.4, -0.2) is 57.7 Å². The van der Waals surface area contributed by atoms with Crippen LogP contribution < -0.4 is 9.62 Å². The van der Waals surface area contributed by atoms with Crippen LogP contribution in [0.25, 0.3) is 0 Å². The maximum atomic E-state index is 12.6. The molecule has 7 heteroatoms. The Hall–Kier alpha value is -1.60. The summed E-state index contributed by atoms with van der Waals surface area (Å²) >= 11 is 0. The lowest BCUT2D eigenvalue weighted by Gasteiger charge is -2.30. The van der Waals surface area contributed by atoms with Crippen LogP contribution >= 0.6 is 0 Å². The molecule has 2 aliphatic rings. The highest BCUT2D eigenvalue weighted by molar-refractivity contribution is 7.92. The van der Waals surface area contributed by atoms with E-state index in [1.807, 2.05) is 13.0 Å². The van der Waals surface area contributed by atoms with E-state index < -0.39 is 10.0 Å². The first-order chi connectivity index (χ1) is 13.4. The van der Waals surface area contributed by atoms with Crippen molar-refractivity contribution in [3.8, 4) is 0 Å². The molecule has 1 atom stereocenters. The fourth-order valence-corrected chi connectivity index (χ4v) is 5.87. The normalized spacial score (nSPS) is 22.8. The molecule has 3 rings (SSSR count). The third-order valence-electron chi connectivity index (χ3n) is 5.77. The van der Waals surface area contributed by atoms with Gasteiger partial charge in [-0.3, -0.25) is 9.10 Å². The summed E-state index contributed by atoms with van der Waals surface area (Å²) < 4.78 is 26.3. The summed E-state index contributed by atoms with van der Waals surface area (Å²) in [7, 11) is -3.28. The van der Waals surface area contributed by atoms with Gasteiger partial charge in [-0.15, -0.1) is 0 Å². The first-order valence-corrected chi connectivity index (χ1v) is 12.1. The first-order valence-electron chi connectivity index (χ1n) is 10.5. The molecule has 0 radical (unpaired) electrons. The van der Waals surface area contributed by atoms with Gasteiger partial charge in [0, 0.05) is 25.2 Å². The third-order valence-corrected chi connectivity index (χ3v) is 7.62. The molecule has 0 bridgehead atoms. The fraction of sp³-hybridized carbons (Fsp3) is 0.667. The van der Waals surface area contributed by atoms with Crippen LogP contribution in [0.4, 0.5) is 5.69 Å². The third kappa shape index (κ3) is 5.26. The van der Waals surface area contributed by atoms with Crippen molar-refractivity contribution in [3.63, 3.8) is 0 Å². The van der Waals surface area contributed by atoms with E-state index in [9.17, 15) is 13.2 Å². The van der Waals surface area contributed by atoms with Gasteiger partial charge < -0.3 is 10.2 Å². The summed E-state index contributed by atoms with van der Waals surface area (Å²) in [5.41, 5.74) is 2.03. The number of hydrogen-bond acceptors (Lipinski definition) is 4. The number of nitrogens with zero attached hydrogens (tertiary/aromatic N) is 2. The number of aryl methyl sites for hydroxylation is 1. The highest BCUT2D eigenvalue weighted by atomic mass is 32.2. The summed E-state index contributed by atoms with van der Waals surface area (Å²) in [5.74, 6) is 0.806. The molecule has 1 aromatic carbocycles. The molecule has 2 aliphatic heterocycles. The van der Waals surface area contributed by atoms with Gasteiger partial charge in [0.2, 0.25) is 10.0 Å². The van der Waals surface area contributed by atoms with Crippen LogP contribution in [-0.2, 0) is 10.0 Å². The number of carbonyl (C=O) groups excluding carboxylic acids is 1.